The average Bonchev–Trinajstić information content (AvgIpc) is 2.83. The van der Waals surface area contributed by atoms with Gasteiger partial charge in [0.2, 0.25) is 5.91 Å². The third-order valence-corrected chi connectivity index (χ3v) is 3.50. The highest BCUT2D eigenvalue weighted by atomic mass is 35.5. The Labute approximate surface area is 126 Å². The molecule has 0 atom stereocenters. The van der Waals surface area contributed by atoms with Gasteiger partial charge in [-0.25, -0.2) is 0 Å². The van der Waals surface area contributed by atoms with Gasteiger partial charge in [0.05, 0.1) is 16.2 Å². The van der Waals surface area contributed by atoms with Crippen LogP contribution in [0.1, 0.15) is 16.8 Å². The summed E-state index contributed by atoms with van der Waals surface area (Å²) in [7, 11) is 0. The van der Waals surface area contributed by atoms with Crippen molar-refractivity contribution < 1.29 is 4.79 Å². The highest BCUT2D eigenvalue weighted by Gasteiger charge is 2.02. The first-order valence-electron chi connectivity index (χ1n) is 5.96. The fourth-order valence-electron chi connectivity index (χ4n) is 1.58. The van der Waals surface area contributed by atoms with E-state index in [2.05, 4.69) is 15.5 Å². The number of nitrogens with zero attached hydrogens (tertiary/aromatic N) is 1. The number of halogens is 2. The summed E-state index contributed by atoms with van der Waals surface area (Å²) >= 11 is 11.7. The molecular weight excluding hydrogens is 297 g/mol. The fraction of sp³-hybridized carbons (Fsp3) is 0.143. The average molecular weight is 310 g/mol. The van der Waals surface area contributed by atoms with Gasteiger partial charge in [0.25, 0.3) is 0 Å². The molecule has 2 rings (SSSR count). The molecule has 0 saturated heterocycles. The second-order valence-electron chi connectivity index (χ2n) is 4.24. The third-order valence-electron chi connectivity index (χ3n) is 2.76. The summed E-state index contributed by atoms with van der Waals surface area (Å²) in [5.41, 5.74) is 2.72. The number of amides is 1. The largest absolute Gasteiger partial charge is 0.348 e. The van der Waals surface area contributed by atoms with E-state index in [1.54, 1.807) is 30.5 Å². The van der Waals surface area contributed by atoms with Crippen LogP contribution in [0.4, 0.5) is 0 Å². The van der Waals surface area contributed by atoms with Crippen LogP contribution in [-0.4, -0.2) is 16.1 Å². The number of nitrogens with one attached hydrogen (secondary N) is 2. The Kier molecular flexibility index (Phi) is 4.82. The Morgan fingerprint density at radius 3 is 2.85 bits per heavy atom. The number of aryl methyl sites for hydroxylation is 1. The van der Waals surface area contributed by atoms with Crippen LogP contribution in [0.2, 0.25) is 10.0 Å². The standard InChI is InChI=1S/C14H13Cl2N3O/c1-9-11(8-18-19-9)7-17-14(20)5-3-10-2-4-12(15)13(16)6-10/h2-6,8H,7H2,1H3,(H,17,20)(H,18,19)/b5-3+. The van der Waals surface area contributed by atoms with E-state index in [-0.39, 0.29) is 5.91 Å². The second kappa shape index (κ2) is 6.59. The Morgan fingerprint density at radius 2 is 2.20 bits per heavy atom. The van der Waals surface area contributed by atoms with Crippen LogP contribution in [0.25, 0.3) is 6.08 Å². The van der Waals surface area contributed by atoms with Crippen molar-refractivity contribution in [1.82, 2.24) is 15.5 Å². The second-order valence-corrected chi connectivity index (χ2v) is 5.06. The molecule has 0 bridgehead atoms. The van der Waals surface area contributed by atoms with Crippen LogP contribution in [0.15, 0.2) is 30.5 Å². The first-order valence-corrected chi connectivity index (χ1v) is 6.71. The molecule has 0 spiro atoms. The minimum atomic E-state index is -0.184. The summed E-state index contributed by atoms with van der Waals surface area (Å²) < 4.78 is 0. The Bertz CT molecular complexity index is 650. The van der Waals surface area contributed by atoms with Gasteiger partial charge in [-0.05, 0) is 30.7 Å². The zero-order valence-electron chi connectivity index (χ0n) is 10.8. The number of carbonyl (C=O) groups is 1. The van der Waals surface area contributed by atoms with Gasteiger partial charge in [0, 0.05) is 23.9 Å². The number of aromatic amines is 1. The molecule has 0 unspecified atom stereocenters. The van der Waals surface area contributed by atoms with Gasteiger partial charge in [-0.15, -0.1) is 0 Å². The first kappa shape index (κ1) is 14.6. The van der Waals surface area contributed by atoms with Crippen molar-refractivity contribution in [2.45, 2.75) is 13.5 Å². The summed E-state index contributed by atoms with van der Waals surface area (Å²) in [5.74, 6) is -0.184. The summed E-state index contributed by atoms with van der Waals surface area (Å²) in [5, 5.41) is 10.4. The highest BCUT2D eigenvalue weighted by Crippen LogP contribution is 2.23. The molecule has 1 aromatic heterocycles. The quantitative estimate of drug-likeness (QED) is 0.851. The van der Waals surface area contributed by atoms with E-state index in [1.165, 1.54) is 6.08 Å². The predicted molar refractivity (Wildman–Crippen MR) is 80.7 cm³/mol. The lowest BCUT2D eigenvalue weighted by Gasteiger charge is -2.01. The molecule has 0 aliphatic carbocycles. The van der Waals surface area contributed by atoms with E-state index < -0.39 is 0 Å². The molecule has 0 fully saturated rings. The zero-order valence-corrected chi connectivity index (χ0v) is 12.3. The summed E-state index contributed by atoms with van der Waals surface area (Å²) in [6.45, 7) is 2.34. The molecule has 0 aliphatic rings. The maximum atomic E-state index is 11.7. The maximum absolute atomic E-state index is 11.7. The topological polar surface area (TPSA) is 57.8 Å². The van der Waals surface area contributed by atoms with Crippen molar-refractivity contribution in [2.24, 2.45) is 0 Å². The van der Waals surface area contributed by atoms with E-state index in [1.807, 2.05) is 6.92 Å². The van der Waals surface area contributed by atoms with Gasteiger partial charge in [-0.1, -0.05) is 29.3 Å². The van der Waals surface area contributed by atoms with Crippen molar-refractivity contribution in [2.75, 3.05) is 0 Å². The van der Waals surface area contributed by atoms with Gasteiger partial charge in [0.1, 0.15) is 0 Å². The van der Waals surface area contributed by atoms with Gasteiger partial charge >= 0.3 is 0 Å². The smallest absolute Gasteiger partial charge is 0.244 e. The lowest BCUT2D eigenvalue weighted by Crippen LogP contribution is -2.20. The predicted octanol–water partition coefficient (Wildman–Crippen LogP) is 3.35. The van der Waals surface area contributed by atoms with Gasteiger partial charge in [-0.2, -0.15) is 5.10 Å². The van der Waals surface area contributed by atoms with E-state index in [4.69, 9.17) is 23.2 Å². The van der Waals surface area contributed by atoms with Crippen LogP contribution in [0.5, 0.6) is 0 Å². The molecule has 6 heteroatoms. The zero-order chi connectivity index (χ0) is 14.5. The first-order chi connectivity index (χ1) is 9.56. The summed E-state index contributed by atoms with van der Waals surface area (Å²) in [4.78, 5) is 11.7. The number of carbonyl (C=O) groups excluding carboxylic acids is 1. The fourth-order valence-corrected chi connectivity index (χ4v) is 1.89. The molecule has 0 radical (unpaired) electrons. The Balaban J connectivity index is 1.92. The van der Waals surface area contributed by atoms with Crippen LogP contribution in [0.3, 0.4) is 0 Å². The minimum Gasteiger partial charge on any atom is -0.348 e. The number of aromatic nitrogens is 2. The van der Waals surface area contributed by atoms with E-state index in [9.17, 15) is 4.79 Å². The molecule has 1 amide bonds. The molecule has 4 nitrogen and oxygen atoms in total. The molecule has 2 N–H and O–H groups in total. The molecular formula is C14H13Cl2N3O. The number of hydrogen-bond donors (Lipinski definition) is 2. The lowest BCUT2D eigenvalue weighted by molar-refractivity contribution is -0.116. The van der Waals surface area contributed by atoms with Crippen LogP contribution in [-0.2, 0) is 11.3 Å². The van der Waals surface area contributed by atoms with Crippen molar-refractivity contribution >= 4 is 35.2 Å². The normalized spacial score (nSPS) is 10.9. The number of rotatable bonds is 4. The summed E-state index contributed by atoms with van der Waals surface area (Å²) in [6.07, 6.45) is 4.83. The monoisotopic (exact) mass is 309 g/mol. The minimum absolute atomic E-state index is 0.184. The van der Waals surface area contributed by atoms with E-state index in [0.29, 0.717) is 16.6 Å². The maximum Gasteiger partial charge on any atom is 0.244 e. The SMILES string of the molecule is Cc1[nH]ncc1CNC(=O)/C=C/c1ccc(Cl)c(Cl)c1. The molecule has 104 valence electrons. The van der Waals surface area contributed by atoms with Crippen molar-refractivity contribution in [3.63, 3.8) is 0 Å². The molecule has 2 aromatic rings. The van der Waals surface area contributed by atoms with Gasteiger partial charge in [0.15, 0.2) is 0 Å². The molecule has 0 saturated carbocycles. The van der Waals surface area contributed by atoms with E-state index in [0.717, 1.165) is 16.8 Å². The molecule has 0 aliphatic heterocycles. The molecule has 1 aromatic carbocycles. The van der Waals surface area contributed by atoms with Crippen molar-refractivity contribution in [3.05, 3.63) is 57.3 Å². The Morgan fingerprint density at radius 1 is 1.40 bits per heavy atom. The number of hydrogen-bond acceptors (Lipinski definition) is 2. The van der Waals surface area contributed by atoms with Crippen LogP contribution in [0, 0.1) is 6.92 Å². The molecule has 1 heterocycles. The van der Waals surface area contributed by atoms with Crippen LogP contribution >= 0.6 is 23.2 Å². The van der Waals surface area contributed by atoms with E-state index >= 15 is 0 Å². The van der Waals surface area contributed by atoms with Crippen LogP contribution < -0.4 is 5.32 Å². The Hall–Kier alpha value is -1.78. The number of H-pyrrole nitrogens is 1. The van der Waals surface area contributed by atoms with Gasteiger partial charge in [-0.3, -0.25) is 9.89 Å². The van der Waals surface area contributed by atoms with Crippen molar-refractivity contribution in [3.8, 4) is 0 Å². The van der Waals surface area contributed by atoms with Crippen molar-refractivity contribution in [1.29, 1.82) is 0 Å². The van der Waals surface area contributed by atoms with Gasteiger partial charge < -0.3 is 5.32 Å². The molecule has 20 heavy (non-hydrogen) atoms. The third kappa shape index (κ3) is 3.85. The lowest BCUT2D eigenvalue weighted by atomic mass is 10.2. The highest BCUT2D eigenvalue weighted by molar-refractivity contribution is 6.42. The summed E-state index contributed by atoms with van der Waals surface area (Å²) in [6, 6.07) is 5.18. The number of benzene rings is 1.